The van der Waals surface area contributed by atoms with Crippen molar-refractivity contribution in [2.24, 2.45) is 0 Å². The lowest BCUT2D eigenvalue weighted by Crippen LogP contribution is -2.52. The quantitative estimate of drug-likeness (QED) is 0.684. The molecule has 1 fully saturated rings. The van der Waals surface area contributed by atoms with E-state index in [1.54, 1.807) is 41.4 Å². The average Bonchev–Trinajstić information content (AvgIpc) is 3.17. The van der Waals surface area contributed by atoms with Gasteiger partial charge < -0.3 is 24.6 Å². The standard InChI is InChI=1S/C23H31N5O5/c1-5-32-23(31)27-12-10-26(11-13-27)22(30)18(4)28-14-19(17(3)25-28)24-21(29)15-33-20-9-7-6-8-16(20)2/h6-9,14,18H,5,10-13,15H2,1-4H3,(H,24,29). The number of hydrogen-bond acceptors (Lipinski definition) is 6. The smallest absolute Gasteiger partial charge is 0.409 e. The van der Waals surface area contributed by atoms with Gasteiger partial charge in [0.05, 0.1) is 18.0 Å². The van der Waals surface area contributed by atoms with Crippen LogP contribution in [0.3, 0.4) is 0 Å². The number of ether oxygens (including phenoxy) is 2. The van der Waals surface area contributed by atoms with Gasteiger partial charge in [-0.15, -0.1) is 0 Å². The number of anilines is 1. The summed E-state index contributed by atoms with van der Waals surface area (Å²) in [5, 5.41) is 7.20. The molecule has 0 aliphatic carbocycles. The van der Waals surface area contributed by atoms with Gasteiger partial charge in [0.1, 0.15) is 11.8 Å². The second-order valence-corrected chi connectivity index (χ2v) is 7.90. The Hall–Kier alpha value is -3.56. The largest absolute Gasteiger partial charge is 0.483 e. The van der Waals surface area contributed by atoms with Crippen LogP contribution in [0.4, 0.5) is 10.5 Å². The molecule has 0 bridgehead atoms. The molecule has 1 aliphatic rings. The van der Waals surface area contributed by atoms with Crippen molar-refractivity contribution < 1.29 is 23.9 Å². The maximum atomic E-state index is 13.0. The Kier molecular flexibility index (Phi) is 7.92. The Morgan fingerprint density at radius 3 is 2.42 bits per heavy atom. The number of nitrogens with zero attached hydrogens (tertiary/aromatic N) is 4. The zero-order chi connectivity index (χ0) is 24.0. The summed E-state index contributed by atoms with van der Waals surface area (Å²) in [5.41, 5.74) is 2.08. The Labute approximate surface area is 193 Å². The molecule has 33 heavy (non-hydrogen) atoms. The Bertz CT molecular complexity index is 997. The molecule has 3 rings (SSSR count). The summed E-state index contributed by atoms with van der Waals surface area (Å²) in [7, 11) is 0. The predicted octanol–water partition coefficient (Wildman–Crippen LogP) is 2.38. The van der Waals surface area contributed by atoms with E-state index in [-0.39, 0.29) is 24.5 Å². The molecule has 1 saturated heterocycles. The van der Waals surface area contributed by atoms with Crippen LogP contribution in [0.15, 0.2) is 30.5 Å². The van der Waals surface area contributed by atoms with Crippen LogP contribution in [0.2, 0.25) is 0 Å². The number of amides is 3. The summed E-state index contributed by atoms with van der Waals surface area (Å²) < 4.78 is 12.2. The van der Waals surface area contributed by atoms with Crippen LogP contribution in [-0.2, 0) is 14.3 Å². The van der Waals surface area contributed by atoms with Gasteiger partial charge in [0.25, 0.3) is 5.91 Å². The summed E-state index contributed by atoms with van der Waals surface area (Å²) in [6, 6.07) is 6.93. The molecule has 10 nitrogen and oxygen atoms in total. The lowest BCUT2D eigenvalue weighted by Gasteiger charge is -2.35. The van der Waals surface area contributed by atoms with E-state index in [2.05, 4.69) is 10.4 Å². The number of piperazine rings is 1. The molecule has 2 heterocycles. The van der Waals surface area contributed by atoms with Gasteiger partial charge in [-0.05, 0) is 39.3 Å². The minimum absolute atomic E-state index is 0.0956. The van der Waals surface area contributed by atoms with Crippen LogP contribution in [0.1, 0.15) is 31.1 Å². The number of carbonyl (C=O) groups is 3. The minimum Gasteiger partial charge on any atom is -0.483 e. The second kappa shape index (κ2) is 10.8. The molecule has 0 saturated carbocycles. The number of para-hydroxylation sites is 1. The molecule has 1 N–H and O–H groups in total. The SMILES string of the molecule is CCOC(=O)N1CCN(C(=O)C(C)n2cc(NC(=O)COc3ccccc3C)c(C)n2)CC1. The van der Waals surface area contributed by atoms with Gasteiger partial charge in [0.2, 0.25) is 5.91 Å². The minimum atomic E-state index is -0.549. The van der Waals surface area contributed by atoms with E-state index in [0.717, 1.165) is 5.56 Å². The molecule has 2 aromatic rings. The fraction of sp³-hybridized carbons (Fsp3) is 0.478. The van der Waals surface area contributed by atoms with Crippen molar-refractivity contribution in [3.05, 3.63) is 41.7 Å². The van der Waals surface area contributed by atoms with E-state index < -0.39 is 6.04 Å². The number of carbonyl (C=O) groups excluding carboxylic acids is 3. The fourth-order valence-electron chi connectivity index (χ4n) is 3.55. The van der Waals surface area contributed by atoms with Crippen LogP contribution in [-0.4, -0.2) is 76.9 Å². The topological polar surface area (TPSA) is 106 Å². The number of benzene rings is 1. The lowest BCUT2D eigenvalue weighted by atomic mass is 10.2. The first kappa shape index (κ1) is 24.1. The lowest BCUT2D eigenvalue weighted by molar-refractivity contribution is -0.136. The summed E-state index contributed by atoms with van der Waals surface area (Å²) >= 11 is 0. The third kappa shape index (κ3) is 6.03. The highest BCUT2D eigenvalue weighted by atomic mass is 16.6. The maximum absolute atomic E-state index is 13.0. The Balaban J connectivity index is 1.54. The molecule has 3 amide bonds. The van der Waals surface area contributed by atoms with Crippen molar-refractivity contribution in [3.63, 3.8) is 0 Å². The van der Waals surface area contributed by atoms with Gasteiger partial charge in [-0.25, -0.2) is 4.79 Å². The van der Waals surface area contributed by atoms with Gasteiger partial charge >= 0.3 is 6.09 Å². The molecule has 1 aliphatic heterocycles. The van der Waals surface area contributed by atoms with E-state index >= 15 is 0 Å². The van der Waals surface area contributed by atoms with Crippen LogP contribution in [0, 0.1) is 13.8 Å². The first-order chi connectivity index (χ1) is 15.8. The monoisotopic (exact) mass is 457 g/mol. The van der Waals surface area contributed by atoms with E-state index in [0.29, 0.717) is 49.9 Å². The van der Waals surface area contributed by atoms with E-state index in [9.17, 15) is 14.4 Å². The summed E-state index contributed by atoms with van der Waals surface area (Å²) in [4.78, 5) is 40.5. The van der Waals surface area contributed by atoms with Crippen molar-refractivity contribution in [2.45, 2.75) is 33.7 Å². The molecule has 0 spiro atoms. The van der Waals surface area contributed by atoms with Gasteiger partial charge in [0.15, 0.2) is 6.61 Å². The van der Waals surface area contributed by atoms with Gasteiger partial charge in [0, 0.05) is 32.4 Å². The van der Waals surface area contributed by atoms with Crippen molar-refractivity contribution in [3.8, 4) is 5.75 Å². The molecular formula is C23H31N5O5. The zero-order valence-electron chi connectivity index (χ0n) is 19.5. The highest BCUT2D eigenvalue weighted by Gasteiger charge is 2.29. The highest BCUT2D eigenvalue weighted by Crippen LogP contribution is 2.19. The third-order valence-corrected chi connectivity index (χ3v) is 5.51. The Morgan fingerprint density at radius 1 is 1.09 bits per heavy atom. The van der Waals surface area contributed by atoms with Crippen molar-refractivity contribution in [1.82, 2.24) is 19.6 Å². The van der Waals surface area contributed by atoms with Crippen LogP contribution in [0.5, 0.6) is 5.75 Å². The maximum Gasteiger partial charge on any atom is 0.409 e. The third-order valence-electron chi connectivity index (χ3n) is 5.51. The number of aromatic nitrogens is 2. The molecule has 0 radical (unpaired) electrons. The van der Waals surface area contributed by atoms with Gasteiger partial charge in [-0.2, -0.15) is 5.10 Å². The molecule has 1 unspecified atom stereocenters. The van der Waals surface area contributed by atoms with E-state index in [1.807, 2.05) is 31.2 Å². The van der Waals surface area contributed by atoms with Crippen LogP contribution in [0.25, 0.3) is 0 Å². The molecule has 10 heteroatoms. The normalized spacial score (nSPS) is 14.5. The second-order valence-electron chi connectivity index (χ2n) is 7.90. The molecule has 1 atom stereocenters. The van der Waals surface area contributed by atoms with E-state index in [1.165, 1.54) is 0 Å². The van der Waals surface area contributed by atoms with Crippen LogP contribution >= 0.6 is 0 Å². The Morgan fingerprint density at radius 2 is 1.76 bits per heavy atom. The molecule has 1 aromatic heterocycles. The van der Waals surface area contributed by atoms with Crippen molar-refractivity contribution >= 4 is 23.6 Å². The van der Waals surface area contributed by atoms with Gasteiger partial charge in [-0.1, -0.05) is 18.2 Å². The van der Waals surface area contributed by atoms with Crippen LogP contribution < -0.4 is 10.1 Å². The predicted molar refractivity (Wildman–Crippen MR) is 122 cm³/mol. The fourth-order valence-corrected chi connectivity index (χ4v) is 3.55. The number of rotatable bonds is 7. The van der Waals surface area contributed by atoms with E-state index in [4.69, 9.17) is 9.47 Å². The summed E-state index contributed by atoms with van der Waals surface area (Å²) in [6.07, 6.45) is 1.30. The average molecular weight is 458 g/mol. The first-order valence-corrected chi connectivity index (χ1v) is 11.0. The molecule has 1 aromatic carbocycles. The van der Waals surface area contributed by atoms with Crippen molar-refractivity contribution in [1.29, 1.82) is 0 Å². The number of nitrogens with one attached hydrogen (secondary N) is 1. The molecule has 178 valence electrons. The first-order valence-electron chi connectivity index (χ1n) is 11.0. The number of aryl methyl sites for hydroxylation is 2. The number of hydrogen-bond donors (Lipinski definition) is 1. The van der Waals surface area contributed by atoms with Crippen molar-refractivity contribution in [2.75, 3.05) is 44.7 Å². The highest BCUT2D eigenvalue weighted by molar-refractivity contribution is 5.92. The molecular weight excluding hydrogens is 426 g/mol. The summed E-state index contributed by atoms with van der Waals surface area (Å²) in [5.74, 6) is 0.249. The van der Waals surface area contributed by atoms with Gasteiger partial charge in [-0.3, -0.25) is 14.3 Å². The zero-order valence-corrected chi connectivity index (χ0v) is 19.5. The summed E-state index contributed by atoms with van der Waals surface area (Å²) in [6.45, 7) is 9.12.